The molecule has 1 aliphatic carbocycles. The molecule has 0 fully saturated rings. The summed E-state index contributed by atoms with van der Waals surface area (Å²) in [4.78, 5) is 11.1. The van der Waals surface area contributed by atoms with E-state index in [-0.39, 0.29) is 18.2 Å². The lowest BCUT2D eigenvalue weighted by molar-refractivity contribution is -0.137. The Hall–Kier alpha value is -4.47. The third-order valence-electron chi connectivity index (χ3n) is 6.49. The van der Waals surface area contributed by atoms with Gasteiger partial charge in [0, 0.05) is 34.2 Å². The zero-order valence-electron chi connectivity index (χ0n) is 19.0. The number of aromatic amines is 1. The molecule has 0 saturated heterocycles. The second kappa shape index (κ2) is 8.95. The number of H-pyrrole nitrogens is 1. The molecule has 36 heavy (non-hydrogen) atoms. The fourth-order valence-corrected chi connectivity index (χ4v) is 4.81. The van der Waals surface area contributed by atoms with Gasteiger partial charge in [0.05, 0.1) is 13.0 Å². The van der Waals surface area contributed by atoms with Gasteiger partial charge in [-0.05, 0) is 60.5 Å². The number of fused-ring (bicyclic) bond motifs is 2. The maximum absolute atomic E-state index is 14.9. The highest BCUT2D eigenvalue weighted by Gasteiger charge is 2.32. The first-order chi connectivity index (χ1) is 17.5. The van der Waals surface area contributed by atoms with Gasteiger partial charge in [-0.1, -0.05) is 6.07 Å². The van der Waals surface area contributed by atoms with Crippen molar-refractivity contribution in [2.24, 2.45) is 0 Å². The molecule has 2 atom stereocenters. The first-order valence-electron chi connectivity index (χ1n) is 11.5. The first kappa shape index (κ1) is 22.0. The number of tetrazole rings is 1. The highest BCUT2D eigenvalue weighted by Crippen LogP contribution is 2.44. The normalized spacial score (nSPS) is 17.8. The van der Waals surface area contributed by atoms with Crippen LogP contribution in [0.25, 0.3) is 11.4 Å². The molecule has 4 aromatic rings. The van der Waals surface area contributed by atoms with E-state index in [1.165, 1.54) is 6.07 Å². The SMILES string of the molecule is O=C(O)CC1COc2cc(O[C@@H]3CCc4c(Oc5ccc(-c6nn[nH]n6)cc5)ccc(F)c43)ccc21. The Balaban J connectivity index is 1.20. The number of hydrogen-bond acceptors (Lipinski definition) is 7. The van der Waals surface area contributed by atoms with Crippen molar-refractivity contribution in [3.05, 3.63) is 77.1 Å². The molecule has 1 aromatic heterocycles. The summed E-state index contributed by atoms with van der Waals surface area (Å²) >= 11 is 0. The van der Waals surface area contributed by atoms with Crippen molar-refractivity contribution >= 4 is 5.97 Å². The number of ether oxygens (including phenoxy) is 3. The van der Waals surface area contributed by atoms with Crippen molar-refractivity contribution < 1.29 is 28.5 Å². The monoisotopic (exact) mass is 488 g/mol. The van der Waals surface area contributed by atoms with Crippen LogP contribution >= 0.6 is 0 Å². The maximum atomic E-state index is 14.9. The van der Waals surface area contributed by atoms with Crippen LogP contribution < -0.4 is 14.2 Å². The van der Waals surface area contributed by atoms with Gasteiger partial charge in [0.15, 0.2) is 0 Å². The molecule has 0 spiro atoms. The van der Waals surface area contributed by atoms with Crippen molar-refractivity contribution in [1.82, 2.24) is 20.6 Å². The third kappa shape index (κ3) is 4.10. The van der Waals surface area contributed by atoms with E-state index in [1.54, 1.807) is 30.3 Å². The Labute approximate surface area is 204 Å². The summed E-state index contributed by atoms with van der Waals surface area (Å²) < 4.78 is 32.9. The maximum Gasteiger partial charge on any atom is 0.304 e. The molecule has 6 rings (SSSR count). The summed E-state index contributed by atoms with van der Waals surface area (Å²) in [5, 5.41) is 23.0. The molecule has 1 aliphatic heterocycles. The fourth-order valence-electron chi connectivity index (χ4n) is 4.81. The van der Waals surface area contributed by atoms with Gasteiger partial charge >= 0.3 is 5.97 Å². The lowest BCUT2D eigenvalue weighted by Gasteiger charge is -2.17. The van der Waals surface area contributed by atoms with Gasteiger partial charge in [-0.25, -0.2) is 4.39 Å². The topological polar surface area (TPSA) is 119 Å². The van der Waals surface area contributed by atoms with Crippen molar-refractivity contribution in [3.8, 4) is 34.4 Å². The molecular formula is C26H21FN4O5. The van der Waals surface area contributed by atoms with Crippen molar-refractivity contribution in [1.29, 1.82) is 0 Å². The molecule has 1 unspecified atom stereocenters. The van der Waals surface area contributed by atoms with E-state index < -0.39 is 12.1 Å². The molecular weight excluding hydrogens is 467 g/mol. The third-order valence-corrected chi connectivity index (χ3v) is 6.49. The minimum Gasteiger partial charge on any atom is -0.492 e. The summed E-state index contributed by atoms with van der Waals surface area (Å²) in [5.74, 6) is 1.44. The zero-order chi connectivity index (χ0) is 24.6. The number of halogens is 1. The number of benzene rings is 3. The van der Waals surface area contributed by atoms with Crippen LogP contribution in [0.1, 0.15) is 41.6 Å². The Bertz CT molecular complexity index is 1430. The average molecular weight is 488 g/mol. The second-order valence-corrected chi connectivity index (χ2v) is 8.75. The second-order valence-electron chi connectivity index (χ2n) is 8.75. The summed E-state index contributed by atoms with van der Waals surface area (Å²) in [5.41, 5.74) is 2.91. The molecule has 2 aliphatic rings. The van der Waals surface area contributed by atoms with E-state index in [2.05, 4.69) is 20.6 Å². The average Bonchev–Trinajstić information content (AvgIpc) is 3.63. The van der Waals surface area contributed by atoms with E-state index in [0.717, 1.165) is 16.7 Å². The van der Waals surface area contributed by atoms with E-state index in [0.29, 0.717) is 53.8 Å². The van der Waals surface area contributed by atoms with Crippen LogP contribution in [-0.2, 0) is 11.2 Å². The van der Waals surface area contributed by atoms with Gasteiger partial charge in [-0.3, -0.25) is 4.79 Å². The number of rotatable bonds is 7. The van der Waals surface area contributed by atoms with Gasteiger partial charge in [-0.2, -0.15) is 5.21 Å². The number of aromatic nitrogens is 4. The molecule has 10 heteroatoms. The van der Waals surface area contributed by atoms with Gasteiger partial charge < -0.3 is 19.3 Å². The Kier molecular flexibility index (Phi) is 5.48. The van der Waals surface area contributed by atoms with E-state index in [4.69, 9.17) is 19.3 Å². The minimum atomic E-state index is -0.865. The molecule has 0 amide bonds. The number of nitrogens with zero attached hydrogens (tertiary/aromatic N) is 3. The predicted molar refractivity (Wildman–Crippen MR) is 125 cm³/mol. The van der Waals surface area contributed by atoms with Crippen LogP contribution in [0.15, 0.2) is 54.6 Å². The predicted octanol–water partition coefficient (Wildman–Crippen LogP) is 4.82. The van der Waals surface area contributed by atoms with Crippen LogP contribution in [0.5, 0.6) is 23.0 Å². The molecule has 0 bridgehead atoms. The molecule has 2 heterocycles. The lowest BCUT2D eigenvalue weighted by Crippen LogP contribution is -2.07. The summed E-state index contributed by atoms with van der Waals surface area (Å²) in [7, 11) is 0. The number of hydrogen-bond donors (Lipinski definition) is 2. The quantitative estimate of drug-likeness (QED) is 0.380. The molecule has 3 aromatic carbocycles. The Morgan fingerprint density at radius 2 is 1.97 bits per heavy atom. The summed E-state index contributed by atoms with van der Waals surface area (Å²) in [6.07, 6.45) is 0.745. The molecule has 0 radical (unpaired) electrons. The highest BCUT2D eigenvalue weighted by molar-refractivity contribution is 5.69. The van der Waals surface area contributed by atoms with Crippen molar-refractivity contribution in [2.45, 2.75) is 31.3 Å². The van der Waals surface area contributed by atoms with Crippen LogP contribution in [0.3, 0.4) is 0 Å². The number of aliphatic carboxylic acids is 1. The molecule has 182 valence electrons. The van der Waals surface area contributed by atoms with E-state index >= 15 is 0 Å². The van der Waals surface area contributed by atoms with Gasteiger partial charge in [-0.15, -0.1) is 10.2 Å². The standard InChI is InChI=1S/C26H21FN4O5/c27-20-8-10-21(35-16-3-1-14(2-4-16)26-28-30-31-29-26)19-7-9-22(25(19)20)36-17-5-6-18-15(11-24(32)33)13-34-23(18)12-17/h1-6,8,10,12,15,22H,7,9,11,13H2,(H,32,33)(H,28,29,30,31)/t15?,22-/m1/s1. The molecule has 0 saturated carbocycles. The minimum absolute atomic E-state index is 0.0109. The first-order valence-corrected chi connectivity index (χ1v) is 11.5. The van der Waals surface area contributed by atoms with Gasteiger partial charge in [0.2, 0.25) is 5.82 Å². The van der Waals surface area contributed by atoms with Crippen molar-refractivity contribution in [3.63, 3.8) is 0 Å². The smallest absolute Gasteiger partial charge is 0.304 e. The fraction of sp³-hybridized carbons (Fsp3) is 0.231. The molecule has 2 N–H and O–H groups in total. The van der Waals surface area contributed by atoms with E-state index in [1.807, 2.05) is 18.2 Å². The summed E-state index contributed by atoms with van der Waals surface area (Å²) in [6.45, 7) is 0.322. The number of nitrogens with one attached hydrogen (secondary N) is 1. The number of carboxylic acids is 1. The van der Waals surface area contributed by atoms with Gasteiger partial charge in [0.1, 0.15) is 34.9 Å². The zero-order valence-corrected chi connectivity index (χ0v) is 19.0. The Morgan fingerprint density at radius 1 is 1.14 bits per heavy atom. The van der Waals surface area contributed by atoms with Crippen LogP contribution in [0, 0.1) is 5.82 Å². The van der Waals surface area contributed by atoms with Crippen LogP contribution in [-0.4, -0.2) is 38.3 Å². The van der Waals surface area contributed by atoms with Crippen LogP contribution in [0.4, 0.5) is 4.39 Å². The number of carbonyl (C=O) groups is 1. The largest absolute Gasteiger partial charge is 0.492 e. The lowest BCUT2D eigenvalue weighted by atomic mass is 9.98. The van der Waals surface area contributed by atoms with Crippen LogP contribution in [0.2, 0.25) is 0 Å². The summed E-state index contributed by atoms with van der Waals surface area (Å²) in [6, 6.07) is 15.6. The highest BCUT2D eigenvalue weighted by atomic mass is 19.1. The van der Waals surface area contributed by atoms with Gasteiger partial charge in [0.25, 0.3) is 0 Å². The number of carboxylic acid groups (broad SMARTS) is 1. The van der Waals surface area contributed by atoms with Crippen molar-refractivity contribution in [2.75, 3.05) is 6.61 Å². The molecule has 9 nitrogen and oxygen atoms in total. The Morgan fingerprint density at radius 3 is 2.75 bits per heavy atom. The van der Waals surface area contributed by atoms with E-state index in [9.17, 15) is 9.18 Å².